The second kappa shape index (κ2) is 68.4. The number of phenols is 3. The summed E-state index contributed by atoms with van der Waals surface area (Å²) in [5, 5.41) is 27.0. The summed E-state index contributed by atoms with van der Waals surface area (Å²) in [6.07, 6.45) is 19.2. The maximum atomic E-state index is 11.3. The van der Waals surface area contributed by atoms with Gasteiger partial charge in [0.1, 0.15) is 53.5 Å². The third-order valence-corrected chi connectivity index (χ3v) is 24.0. The smallest absolute Gasteiger partial charge is 0.308 e. The third-order valence-electron chi connectivity index (χ3n) is 24.0. The van der Waals surface area contributed by atoms with Gasteiger partial charge in [0.15, 0.2) is 25.2 Å². The summed E-state index contributed by atoms with van der Waals surface area (Å²) < 4.78 is 55.3. The molecule has 0 amide bonds. The second-order valence-corrected chi connectivity index (χ2v) is 34.3. The molecule has 2 aliphatic rings. The van der Waals surface area contributed by atoms with E-state index in [2.05, 4.69) is 170 Å². The van der Waals surface area contributed by atoms with E-state index in [9.17, 15) is 9.59 Å². The number of carbonyl (C=O) groups is 2. The van der Waals surface area contributed by atoms with Crippen molar-refractivity contribution in [3.8, 4) is 40.2 Å². The van der Waals surface area contributed by atoms with Crippen molar-refractivity contribution in [3.63, 3.8) is 0 Å². The van der Waals surface area contributed by atoms with Gasteiger partial charge < -0.3 is 62.7 Å². The first-order valence-corrected chi connectivity index (χ1v) is 48.8. The zero-order valence-electron chi connectivity index (χ0n) is 83.8. The molecule has 2 fully saturated rings. The third kappa shape index (κ3) is 49.0. The molecular weight excluding hydrogens is 1620 g/mol. The van der Waals surface area contributed by atoms with Crippen LogP contribution in [0.4, 0.5) is 0 Å². The van der Waals surface area contributed by atoms with Crippen molar-refractivity contribution in [3.05, 3.63) is 281 Å². The van der Waals surface area contributed by atoms with Crippen LogP contribution in [0.25, 0.3) is 0 Å². The van der Waals surface area contributed by atoms with Crippen LogP contribution in [0.3, 0.4) is 0 Å². The SMILES string of the molecule is CCC(C)C(=O)OCc1ccccc1.CCC(C)C(=O)OCc1ccccc1.CCC(C)c1ccc(O)cc1.CCC(C)c1ccc(O)cc1.CCC(C)c1ccc(O)cc1.CCC(C)c1ccc(OC(C)OC2CCCCC2)cc1.CCC(C)c1ccc(OC2CCCCO2)cc1.CCOC(C)Oc1ccc(C(C)CC)cc1.CCOC(C)Oc1ccc(C(C)CC)cc1. The van der Waals surface area contributed by atoms with Gasteiger partial charge in [-0.2, -0.15) is 0 Å². The molecular formula is C115H168O15. The molecule has 0 bridgehead atoms. The zero-order chi connectivity index (χ0) is 96.0. The van der Waals surface area contributed by atoms with Crippen LogP contribution in [0.1, 0.15) is 360 Å². The van der Waals surface area contributed by atoms with E-state index in [1.807, 2.05) is 184 Å². The highest BCUT2D eigenvalue weighted by Gasteiger charge is 2.20. The molecule has 1 aliphatic heterocycles. The van der Waals surface area contributed by atoms with E-state index in [0.717, 1.165) is 98.5 Å². The summed E-state index contributed by atoms with van der Waals surface area (Å²) in [7, 11) is 0. The van der Waals surface area contributed by atoms with Crippen LogP contribution in [0.2, 0.25) is 0 Å². The summed E-state index contributed by atoms with van der Waals surface area (Å²) in [6, 6.07) is 75.1. The first kappa shape index (κ1) is 115. The zero-order valence-corrected chi connectivity index (χ0v) is 83.8. The molecule has 0 spiro atoms. The van der Waals surface area contributed by atoms with Crippen LogP contribution in [0.5, 0.6) is 40.2 Å². The minimum atomic E-state index is -0.181. The lowest BCUT2D eigenvalue weighted by molar-refractivity contribution is -0.150. The van der Waals surface area contributed by atoms with Gasteiger partial charge in [-0.15, -0.1) is 0 Å². The molecule has 1 saturated heterocycles. The molecule has 0 radical (unpaired) electrons. The molecule has 1 saturated carbocycles. The minimum absolute atomic E-state index is 0.00119. The van der Waals surface area contributed by atoms with Crippen LogP contribution in [-0.2, 0) is 51.2 Å². The van der Waals surface area contributed by atoms with Gasteiger partial charge in [0.2, 0.25) is 0 Å². The van der Waals surface area contributed by atoms with E-state index in [-0.39, 0.29) is 48.9 Å². The van der Waals surface area contributed by atoms with E-state index in [4.69, 9.17) is 62.7 Å². The molecule has 9 aromatic carbocycles. The molecule has 11 rings (SSSR count). The topological polar surface area (TPSA) is 187 Å². The monoisotopic (exact) mass is 1790 g/mol. The Morgan fingerprint density at radius 1 is 0.308 bits per heavy atom. The second-order valence-electron chi connectivity index (χ2n) is 34.3. The van der Waals surface area contributed by atoms with E-state index in [1.165, 1.54) is 90.3 Å². The highest BCUT2D eigenvalue weighted by molar-refractivity contribution is 5.72. The lowest BCUT2D eigenvalue weighted by atomic mass is 9.98. The normalized spacial score (nSPS) is 15.4. The fourth-order valence-corrected chi connectivity index (χ4v) is 13.2. The Morgan fingerprint density at radius 3 is 0.823 bits per heavy atom. The maximum Gasteiger partial charge on any atom is 0.308 e. The van der Waals surface area contributed by atoms with E-state index >= 15 is 0 Å². The van der Waals surface area contributed by atoms with Crippen LogP contribution in [0, 0.1) is 11.8 Å². The van der Waals surface area contributed by atoms with E-state index in [0.29, 0.717) is 91.2 Å². The maximum absolute atomic E-state index is 11.3. The van der Waals surface area contributed by atoms with Crippen molar-refractivity contribution in [1.29, 1.82) is 0 Å². The average Bonchev–Trinajstić information content (AvgIpc) is 0.887. The number of carbonyl (C=O) groups excluding carboxylic acids is 2. The Labute approximate surface area is 786 Å². The predicted molar refractivity (Wildman–Crippen MR) is 538 cm³/mol. The number of hydrogen-bond donors (Lipinski definition) is 3. The molecule has 1 aliphatic carbocycles. The average molecular weight is 1790 g/mol. The van der Waals surface area contributed by atoms with Gasteiger partial charge in [0, 0.05) is 19.6 Å². The molecule has 718 valence electrons. The first-order chi connectivity index (χ1) is 62.5. The largest absolute Gasteiger partial charge is 0.508 e. The first-order valence-electron chi connectivity index (χ1n) is 48.8. The lowest BCUT2D eigenvalue weighted by Gasteiger charge is -2.26. The van der Waals surface area contributed by atoms with Crippen molar-refractivity contribution in [2.45, 2.75) is 354 Å². The van der Waals surface area contributed by atoms with Crippen molar-refractivity contribution in [2.24, 2.45) is 11.8 Å². The van der Waals surface area contributed by atoms with Crippen LogP contribution < -0.4 is 18.9 Å². The lowest BCUT2D eigenvalue weighted by Crippen LogP contribution is -2.26. The highest BCUT2D eigenvalue weighted by Crippen LogP contribution is 2.31. The number of rotatable bonds is 36. The fraction of sp³-hybridized carbons (Fsp3) is 0.513. The summed E-state index contributed by atoms with van der Waals surface area (Å²) in [4.78, 5) is 22.7. The van der Waals surface area contributed by atoms with Crippen LogP contribution >= 0.6 is 0 Å². The number of aromatic hydroxyl groups is 3. The minimum Gasteiger partial charge on any atom is -0.508 e. The van der Waals surface area contributed by atoms with E-state index in [1.54, 1.807) is 36.4 Å². The summed E-state index contributed by atoms with van der Waals surface area (Å²) in [5.74, 6) is 8.59. The fourth-order valence-electron chi connectivity index (χ4n) is 13.2. The van der Waals surface area contributed by atoms with Crippen molar-refractivity contribution >= 4 is 11.9 Å². The molecule has 13 atom stereocenters. The number of esters is 2. The Morgan fingerprint density at radius 2 is 0.569 bits per heavy atom. The number of phenolic OH excluding ortho intramolecular Hbond substituents is 3. The number of ether oxygens (including phenoxy) is 10. The van der Waals surface area contributed by atoms with Gasteiger partial charge in [-0.25, -0.2) is 0 Å². The quantitative estimate of drug-likeness (QED) is 0.0248. The molecule has 0 aromatic heterocycles. The highest BCUT2D eigenvalue weighted by atomic mass is 16.7. The molecule has 13 unspecified atom stereocenters. The Balaban J connectivity index is 0.000000379. The summed E-state index contributed by atoms with van der Waals surface area (Å²) in [5.41, 5.74) is 11.4. The summed E-state index contributed by atoms with van der Waals surface area (Å²) in [6.45, 7) is 51.3. The summed E-state index contributed by atoms with van der Waals surface area (Å²) >= 11 is 0. The van der Waals surface area contributed by atoms with Gasteiger partial charge in [-0.1, -0.05) is 289 Å². The molecule has 3 N–H and O–H groups in total. The molecule has 15 nitrogen and oxygen atoms in total. The van der Waals surface area contributed by atoms with Crippen LogP contribution in [0.15, 0.2) is 231 Å². The predicted octanol–water partition coefficient (Wildman–Crippen LogP) is 31.6. The van der Waals surface area contributed by atoms with Gasteiger partial charge in [0.05, 0.1) is 24.5 Å². The Bertz CT molecular complexity index is 3980. The number of benzene rings is 9. The van der Waals surface area contributed by atoms with Gasteiger partial charge in [-0.3, -0.25) is 9.59 Å². The van der Waals surface area contributed by atoms with Crippen LogP contribution in [-0.4, -0.2) is 78.3 Å². The Kier molecular flexibility index (Phi) is 60.3. The molecule has 15 heteroatoms. The van der Waals surface area contributed by atoms with Gasteiger partial charge in [0.25, 0.3) is 0 Å². The molecule has 1 heterocycles. The van der Waals surface area contributed by atoms with Crippen molar-refractivity contribution in [1.82, 2.24) is 0 Å². The van der Waals surface area contributed by atoms with Crippen molar-refractivity contribution < 1.29 is 72.3 Å². The Hall–Kier alpha value is -9.64. The molecule has 130 heavy (non-hydrogen) atoms. The van der Waals surface area contributed by atoms with Crippen molar-refractivity contribution in [2.75, 3.05) is 19.8 Å². The standard InChI is InChI=1S/C18H28O2.C15H22O2.2C14H22O2.2C12H16O2.3C10H14O/c1-4-14(2)16-10-12-18(13-11-16)20-15(3)19-17-8-6-5-7-9-17;1-3-12(2)13-7-9-14(10-8-13)17-15-6-4-5-11-16-15;2*1-5-11(3)13-7-9-14(10-8-13)16-12(4)15-6-2;2*1-3-10(2)12(13)14-9-11-7-5-4-6-8-11;3*1-3-8(2)9-4-6-10(11)7-5-9/h10-15,17H,4-9H2,1-3H3;7-10,12,15H,3-6,11H2,1-2H3;2*7-12H,5-6H2,1-4H3;2*4-8,10H,3,9H2,1-2H3;3*4-8,11H,3H2,1-2H3. The van der Waals surface area contributed by atoms with E-state index < -0.39 is 0 Å². The van der Waals surface area contributed by atoms with Gasteiger partial charge >= 0.3 is 11.9 Å². The number of hydrogen-bond acceptors (Lipinski definition) is 15. The molecule has 9 aromatic rings. The van der Waals surface area contributed by atoms with Gasteiger partial charge in [-0.05, 0) is 295 Å².